The summed E-state index contributed by atoms with van der Waals surface area (Å²) in [6, 6.07) is 20.7. The van der Waals surface area contributed by atoms with Gasteiger partial charge in [-0.05, 0) is 54.0 Å². The zero-order valence-corrected chi connectivity index (χ0v) is 21.9. The number of hydrogen-bond donors (Lipinski definition) is 0. The van der Waals surface area contributed by atoms with Crippen LogP contribution in [-0.2, 0) is 29.1 Å². The first kappa shape index (κ1) is 26.2. The predicted octanol–water partition coefficient (Wildman–Crippen LogP) is 5.08. The van der Waals surface area contributed by atoms with Crippen LogP contribution in [0.1, 0.15) is 22.7 Å². The number of aryl methyl sites for hydroxylation is 1. The minimum atomic E-state index is -4.37. The van der Waals surface area contributed by atoms with Crippen LogP contribution in [0.3, 0.4) is 0 Å². The molecule has 1 unspecified atom stereocenters. The fourth-order valence-corrected chi connectivity index (χ4v) is 5.85. The second kappa shape index (κ2) is 10.6. The normalized spacial score (nSPS) is 15.7. The van der Waals surface area contributed by atoms with E-state index in [1.807, 2.05) is 6.92 Å². The summed E-state index contributed by atoms with van der Waals surface area (Å²) in [7, 11) is -2.08. The first-order valence-corrected chi connectivity index (χ1v) is 13.1. The molecule has 1 aliphatic heterocycles. The molecule has 1 heterocycles. The van der Waals surface area contributed by atoms with Crippen molar-refractivity contribution in [1.29, 1.82) is 0 Å². The molecule has 3 aromatic rings. The molecule has 1 atom stereocenters. The molecule has 9 heteroatoms. The van der Waals surface area contributed by atoms with Crippen LogP contribution in [0.4, 0.5) is 0 Å². The zero-order chi connectivity index (χ0) is 26.7. The van der Waals surface area contributed by atoms with E-state index >= 15 is 0 Å². The Morgan fingerprint density at radius 3 is 2.00 bits per heavy atom. The highest BCUT2D eigenvalue weighted by Crippen LogP contribution is 2.44. The smallest absolute Gasteiger partial charge is 0.356 e. The van der Waals surface area contributed by atoms with E-state index in [0.717, 1.165) is 24.1 Å². The predicted molar refractivity (Wildman–Crippen MR) is 140 cm³/mol. The van der Waals surface area contributed by atoms with Gasteiger partial charge in [-0.15, -0.1) is 0 Å². The molecule has 0 aromatic heterocycles. The number of rotatable bonds is 6. The maximum atomic E-state index is 14.1. The van der Waals surface area contributed by atoms with Gasteiger partial charge in [0.2, 0.25) is 0 Å². The van der Waals surface area contributed by atoms with Crippen LogP contribution >= 0.6 is 11.6 Å². The monoisotopic (exact) mass is 537 g/mol. The number of sulfonamides is 1. The van der Waals surface area contributed by atoms with Gasteiger partial charge in [-0.25, -0.2) is 22.3 Å². The summed E-state index contributed by atoms with van der Waals surface area (Å²) in [5.74, 6) is -1.89. The standard InChI is InChI=1S/C28H24ClNO6S/c1-18-9-15-22(16-10-18)37(33,34)30-24(20-7-5-4-6-8-20)17-23(19-11-13-21(29)14-12-19)25(27(31)35-2)26(30)28(32)36-3/h4-17,24H,1-3H3. The number of halogens is 1. The lowest BCUT2D eigenvalue weighted by molar-refractivity contribution is -0.140. The van der Waals surface area contributed by atoms with E-state index in [9.17, 15) is 18.0 Å². The third-order valence-electron chi connectivity index (χ3n) is 5.95. The van der Waals surface area contributed by atoms with Gasteiger partial charge in [0, 0.05) is 5.02 Å². The Hall–Kier alpha value is -3.88. The molecule has 7 nitrogen and oxygen atoms in total. The first-order valence-electron chi connectivity index (χ1n) is 11.2. The third kappa shape index (κ3) is 5.03. The fourth-order valence-electron chi connectivity index (χ4n) is 4.13. The van der Waals surface area contributed by atoms with Gasteiger partial charge in [0.1, 0.15) is 0 Å². The molecular formula is C28H24ClNO6S. The minimum Gasteiger partial charge on any atom is -0.465 e. The summed E-state index contributed by atoms with van der Waals surface area (Å²) in [6.45, 7) is 1.83. The summed E-state index contributed by atoms with van der Waals surface area (Å²) in [5.41, 5.74) is 1.61. The van der Waals surface area contributed by atoms with Crippen molar-refractivity contribution in [3.8, 4) is 0 Å². The molecule has 0 amide bonds. The molecule has 4 rings (SSSR count). The highest BCUT2D eigenvalue weighted by Gasteiger charge is 2.44. The third-order valence-corrected chi connectivity index (χ3v) is 7.99. The second-order valence-corrected chi connectivity index (χ2v) is 10.5. The number of hydrogen-bond acceptors (Lipinski definition) is 6. The van der Waals surface area contributed by atoms with Crippen molar-refractivity contribution >= 4 is 39.1 Å². The summed E-state index contributed by atoms with van der Waals surface area (Å²) < 4.78 is 39.3. The van der Waals surface area contributed by atoms with Crippen LogP contribution < -0.4 is 0 Å². The Balaban J connectivity index is 2.10. The number of ether oxygens (including phenoxy) is 2. The van der Waals surface area contributed by atoms with Crippen molar-refractivity contribution in [3.63, 3.8) is 0 Å². The summed E-state index contributed by atoms with van der Waals surface area (Å²) >= 11 is 6.08. The topological polar surface area (TPSA) is 90.0 Å². The van der Waals surface area contributed by atoms with Crippen LogP contribution in [0.2, 0.25) is 5.02 Å². The molecule has 37 heavy (non-hydrogen) atoms. The molecule has 0 radical (unpaired) electrons. The lowest BCUT2D eigenvalue weighted by atomic mass is 9.89. The Kier molecular flexibility index (Phi) is 7.52. The summed E-state index contributed by atoms with van der Waals surface area (Å²) in [5, 5.41) is 0.472. The van der Waals surface area contributed by atoms with Crippen molar-refractivity contribution in [2.75, 3.05) is 14.2 Å². The van der Waals surface area contributed by atoms with Crippen LogP contribution in [0.5, 0.6) is 0 Å². The SMILES string of the molecule is COC(=O)C1=C(C(=O)OC)N(S(=O)(=O)c2ccc(C)cc2)C(c2ccccc2)C=C1c1ccc(Cl)cc1. The van der Waals surface area contributed by atoms with Crippen LogP contribution in [0.15, 0.2) is 101 Å². The second-order valence-electron chi connectivity index (χ2n) is 8.26. The van der Waals surface area contributed by atoms with Crippen molar-refractivity contribution < 1.29 is 27.5 Å². The molecule has 0 N–H and O–H groups in total. The molecule has 1 aliphatic rings. The Morgan fingerprint density at radius 2 is 1.43 bits per heavy atom. The minimum absolute atomic E-state index is 0.0482. The highest BCUT2D eigenvalue weighted by atomic mass is 35.5. The van der Waals surface area contributed by atoms with E-state index in [1.165, 1.54) is 12.1 Å². The lowest BCUT2D eigenvalue weighted by Gasteiger charge is -2.37. The van der Waals surface area contributed by atoms with Crippen molar-refractivity contribution in [3.05, 3.63) is 118 Å². The molecule has 190 valence electrons. The van der Waals surface area contributed by atoms with Crippen molar-refractivity contribution in [1.82, 2.24) is 4.31 Å². The van der Waals surface area contributed by atoms with Gasteiger partial charge in [0.25, 0.3) is 10.0 Å². The maximum Gasteiger partial charge on any atom is 0.356 e. The Labute approximate surface area is 220 Å². The average Bonchev–Trinajstić information content (AvgIpc) is 2.92. The van der Waals surface area contributed by atoms with Gasteiger partial charge in [-0.3, -0.25) is 0 Å². The zero-order valence-electron chi connectivity index (χ0n) is 20.3. The lowest BCUT2D eigenvalue weighted by Crippen LogP contribution is -2.41. The molecule has 0 bridgehead atoms. The molecule has 0 spiro atoms. The summed E-state index contributed by atoms with van der Waals surface area (Å²) in [6.07, 6.45) is 1.63. The van der Waals surface area contributed by atoms with Gasteiger partial charge in [-0.2, -0.15) is 0 Å². The van der Waals surface area contributed by atoms with E-state index in [1.54, 1.807) is 72.8 Å². The Morgan fingerprint density at radius 1 is 0.838 bits per heavy atom. The van der Waals surface area contributed by atoms with E-state index < -0.39 is 33.7 Å². The number of carbonyl (C=O) groups excluding carboxylic acids is 2. The molecule has 0 saturated heterocycles. The van der Waals surface area contributed by atoms with Crippen LogP contribution in [0.25, 0.3) is 5.57 Å². The first-order chi connectivity index (χ1) is 17.7. The van der Waals surface area contributed by atoms with Gasteiger partial charge in [0.05, 0.1) is 30.7 Å². The van der Waals surface area contributed by atoms with Crippen molar-refractivity contribution in [2.24, 2.45) is 0 Å². The van der Waals surface area contributed by atoms with Gasteiger partial charge in [0.15, 0.2) is 5.70 Å². The van der Waals surface area contributed by atoms with E-state index in [4.69, 9.17) is 21.1 Å². The number of benzene rings is 3. The fraction of sp³-hybridized carbons (Fsp3) is 0.143. The maximum absolute atomic E-state index is 14.1. The average molecular weight is 538 g/mol. The van der Waals surface area contributed by atoms with E-state index in [-0.39, 0.29) is 10.5 Å². The largest absolute Gasteiger partial charge is 0.465 e. The Bertz CT molecular complexity index is 1490. The molecular weight excluding hydrogens is 514 g/mol. The van der Waals surface area contributed by atoms with E-state index in [0.29, 0.717) is 21.7 Å². The quantitative estimate of drug-likeness (QED) is 0.407. The molecule has 0 saturated carbocycles. The number of carbonyl (C=O) groups is 2. The molecule has 0 aliphatic carbocycles. The van der Waals surface area contributed by atoms with Crippen LogP contribution in [-0.4, -0.2) is 38.9 Å². The summed E-state index contributed by atoms with van der Waals surface area (Å²) in [4.78, 5) is 26.4. The highest BCUT2D eigenvalue weighted by molar-refractivity contribution is 7.89. The van der Waals surface area contributed by atoms with Crippen LogP contribution in [0, 0.1) is 6.92 Å². The number of esters is 2. The van der Waals surface area contributed by atoms with Gasteiger partial charge < -0.3 is 9.47 Å². The number of nitrogens with zero attached hydrogens (tertiary/aromatic N) is 1. The van der Waals surface area contributed by atoms with E-state index in [2.05, 4.69) is 0 Å². The number of methoxy groups -OCH3 is 2. The molecule has 0 fully saturated rings. The molecule has 3 aromatic carbocycles. The van der Waals surface area contributed by atoms with Gasteiger partial charge >= 0.3 is 11.9 Å². The van der Waals surface area contributed by atoms with Gasteiger partial charge in [-0.1, -0.05) is 71.8 Å². The van der Waals surface area contributed by atoms with Crippen molar-refractivity contribution in [2.45, 2.75) is 17.9 Å².